The van der Waals surface area contributed by atoms with Gasteiger partial charge >= 0.3 is 0 Å². The van der Waals surface area contributed by atoms with Gasteiger partial charge in [-0.1, -0.05) is 102 Å². The summed E-state index contributed by atoms with van der Waals surface area (Å²) in [6.07, 6.45) is 4.10. The summed E-state index contributed by atoms with van der Waals surface area (Å²) in [6.45, 7) is 0. The van der Waals surface area contributed by atoms with Crippen LogP contribution in [-0.4, -0.2) is 11.5 Å². The number of ketones is 1. The highest BCUT2D eigenvalue weighted by Crippen LogP contribution is 2.37. The van der Waals surface area contributed by atoms with E-state index in [0.717, 1.165) is 28.9 Å². The standard InChI is InChI=1S/C34H24Cl2N2O2/c35-26-14-17-29(36)28(21-26)33-19-20-34(40-33)32(39)18-13-23-11-15-27(16-12-23)38-31(25-9-5-2-6-10-25)22-30(37-38)24-7-3-1-4-8-24/h1-21,31H,22H2. The van der Waals surface area contributed by atoms with Crippen molar-refractivity contribution in [1.82, 2.24) is 0 Å². The van der Waals surface area contributed by atoms with Gasteiger partial charge in [-0.3, -0.25) is 9.80 Å². The molecular weight excluding hydrogens is 539 g/mol. The van der Waals surface area contributed by atoms with Crippen molar-refractivity contribution in [2.75, 3.05) is 5.01 Å². The molecule has 0 aliphatic carbocycles. The lowest BCUT2D eigenvalue weighted by Crippen LogP contribution is -2.18. The molecule has 196 valence electrons. The van der Waals surface area contributed by atoms with Crippen LogP contribution in [0.3, 0.4) is 0 Å². The topological polar surface area (TPSA) is 45.8 Å². The van der Waals surface area contributed by atoms with Crippen LogP contribution >= 0.6 is 23.2 Å². The monoisotopic (exact) mass is 562 g/mol. The second-order valence-electron chi connectivity index (χ2n) is 9.47. The van der Waals surface area contributed by atoms with Crippen molar-refractivity contribution in [2.24, 2.45) is 5.10 Å². The third-order valence-electron chi connectivity index (χ3n) is 6.83. The Bertz CT molecular complexity index is 1710. The first-order chi connectivity index (χ1) is 19.5. The summed E-state index contributed by atoms with van der Waals surface area (Å²) in [5.41, 5.74) is 5.91. The number of furan rings is 1. The molecule has 6 heteroatoms. The molecule has 4 nitrogen and oxygen atoms in total. The van der Waals surface area contributed by atoms with Crippen LogP contribution in [-0.2, 0) is 0 Å². The Kier molecular flexibility index (Phi) is 7.37. The second-order valence-corrected chi connectivity index (χ2v) is 10.3. The molecule has 0 bridgehead atoms. The minimum Gasteiger partial charge on any atom is -0.453 e. The molecule has 4 aromatic carbocycles. The van der Waals surface area contributed by atoms with Gasteiger partial charge in [-0.2, -0.15) is 5.10 Å². The zero-order valence-electron chi connectivity index (χ0n) is 21.4. The molecular formula is C34H24Cl2N2O2. The van der Waals surface area contributed by atoms with Crippen molar-refractivity contribution < 1.29 is 9.21 Å². The molecule has 5 aromatic rings. The number of hydrazone groups is 1. The number of carbonyl (C=O) groups excluding carboxylic acids is 1. The number of carbonyl (C=O) groups is 1. The normalized spacial score (nSPS) is 15.0. The molecule has 1 atom stereocenters. The predicted molar refractivity (Wildman–Crippen MR) is 163 cm³/mol. The van der Waals surface area contributed by atoms with E-state index in [1.807, 2.05) is 48.5 Å². The van der Waals surface area contributed by atoms with E-state index in [0.29, 0.717) is 21.4 Å². The van der Waals surface area contributed by atoms with E-state index in [2.05, 4.69) is 41.4 Å². The Labute approximate surface area is 242 Å². The third-order valence-corrected chi connectivity index (χ3v) is 7.39. The van der Waals surface area contributed by atoms with Crippen LogP contribution in [0.4, 0.5) is 5.69 Å². The first-order valence-electron chi connectivity index (χ1n) is 12.9. The SMILES string of the molecule is O=C(C=Cc1ccc(N2N=C(c3ccccc3)CC2c2ccccc2)cc1)c1ccc(-c2cc(Cl)ccc2Cl)o1. The number of anilines is 1. The first kappa shape index (κ1) is 25.9. The van der Waals surface area contributed by atoms with E-state index >= 15 is 0 Å². The highest BCUT2D eigenvalue weighted by molar-refractivity contribution is 6.35. The molecule has 1 unspecified atom stereocenters. The summed E-state index contributed by atoms with van der Waals surface area (Å²) >= 11 is 12.4. The van der Waals surface area contributed by atoms with Gasteiger partial charge in [0.05, 0.1) is 22.5 Å². The fourth-order valence-electron chi connectivity index (χ4n) is 4.78. The van der Waals surface area contributed by atoms with Gasteiger partial charge in [-0.05, 0) is 65.2 Å². The smallest absolute Gasteiger partial charge is 0.221 e. The Morgan fingerprint density at radius 3 is 2.33 bits per heavy atom. The molecule has 1 aliphatic heterocycles. The number of hydrogen-bond acceptors (Lipinski definition) is 4. The molecule has 6 rings (SSSR count). The van der Waals surface area contributed by atoms with Crippen molar-refractivity contribution >= 4 is 46.5 Å². The third kappa shape index (κ3) is 5.50. The Morgan fingerprint density at radius 2 is 1.57 bits per heavy atom. The highest BCUT2D eigenvalue weighted by Gasteiger charge is 2.29. The van der Waals surface area contributed by atoms with Gasteiger partial charge in [0.1, 0.15) is 5.76 Å². The molecule has 1 aromatic heterocycles. The van der Waals surface area contributed by atoms with E-state index in [9.17, 15) is 4.79 Å². The largest absolute Gasteiger partial charge is 0.453 e. The Hall–Kier alpha value is -4.38. The van der Waals surface area contributed by atoms with Gasteiger partial charge in [-0.15, -0.1) is 0 Å². The zero-order valence-corrected chi connectivity index (χ0v) is 22.9. The van der Waals surface area contributed by atoms with Gasteiger partial charge in [0.2, 0.25) is 5.78 Å². The molecule has 0 amide bonds. The fraction of sp³-hybridized carbons (Fsp3) is 0.0588. The molecule has 1 aliphatic rings. The Morgan fingerprint density at radius 1 is 0.850 bits per heavy atom. The summed E-state index contributed by atoms with van der Waals surface area (Å²) in [6, 6.07) is 37.3. The number of allylic oxidation sites excluding steroid dienone is 1. The number of halogens is 2. The zero-order chi connectivity index (χ0) is 27.5. The van der Waals surface area contributed by atoms with E-state index < -0.39 is 0 Å². The van der Waals surface area contributed by atoms with Crippen LogP contribution in [0.5, 0.6) is 0 Å². The van der Waals surface area contributed by atoms with Crippen LogP contribution in [0.15, 0.2) is 131 Å². The Balaban J connectivity index is 1.20. The number of benzene rings is 4. The maximum Gasteiger partial charge on any atom is 0.221 e. The average molecular weight is 563 g/mol. The van der Waals surface area contributed by atoms with E-state index in [-0.39, 0.29) is 17.6 Å². The van der Waals surface area contributed by atoms with Crippen molar-refractivity contribution in [1.29, 1.82) is 0 Å². The molecule has 0 fully saturated rings. The number of rotatable bonds is 7. The quantitative estimate of drug-likeness (QED) is 0.146. The second kappa shape index (κ2) is 11.4. The van der Waals surface area contributed by atoms with E-state index in [1.54, 1.807) is 36.4 Å². The number of hydrogen-bond donors (Lipinski definition) is 0. The van der Waals surface area contributed by atoms with Crippen LogP contribution in [0.1, 0.15) is 39.7 Å². The van der Waals surface area contributed by atoms with Gasteiger partial charge in [0.15, 0.2) is 5.76 Å². The van der Waals surface area contributed by atoms with Gasteiger partial charge in [0.25, 0.3) is 0 Å². The number of nitrogens with zero attached hydrogens (tertiary/aromatic N) is 2. The summed E-state index contributed by atoms with van der Waals surface area (Å²) in [5, 5.41) is 8.14. The van der Waals surface area contributed by atoms with Crippen LogP contribution < -0.4 is 5.01 Å². The van der Waals surface area contributed by atoms with Gasteiger partial charge < -0.3 is 4.42 Å². The molecule has 2 heterocycles. The fourth-order valence-corrected chi connectivity index (χ4v) is 5.16. The van der Waals surface area contributed by atoms with E-state index in [1.165, 1.54) is 11.6 Å². The summed E-state index contributed by atoms with van der Waals surface area (Å²) in [7, 11) is 0. The lowest BCUT2D eigenvalue weighted by atomic mass is 9.98. The van der Waals surface area contributed by atoms with Crippen LogP contribution in [0.2, 0.25) is 10.0 Å². The maximum absolute atomic E-state index is 12.8. The average Bonchev–Trinajstić information content (AvgIpc) is 3.67. The molecule has 0 spiro atoms. The van der Waals surface area contributed by atoms with Crippen molar-refractivity contribution in [2.45, 2.75) is 12.5 Å². The van der Waals surface area contributed by atoms with Crippen molar-refractivity contribution in [3.8, 4) is 11.3 Å². The maximum atomic E-state index is 12.8. The molecule has 0 saturated heterocycles. The molecule has 0 saturated carbocycles. The van der Waals surface area contributed by atoms with Gasteiger partial charge in [0, 0.05) is 17.0 Å². The van der Waals surface area contributed by atoms with Crippen molar-refractivity contribution in [3.63, 3.8) is 0 Å². The molecule has 0 radical (unpaired) electrons. The minimum atomic E-state index is -0.241. The summed E-state index contributed by atoms with van der Waals surface area (Å²) in [4.78, 5) is 12.8. The van der Waals surface area contributed by atoms with Crippen LogP contribution in [0.25, 0.3) is 17.4 Å². The van der Waals surface area contributed by atoms with Crippen molar-refractivity contribution in [3.05, 3.63) is 154 Å². The highest BCUT2D eigenvalue weighted by atomic mass is 35.5. The summed E-state index contributed by atoms with van der Waals surface area (Å²) < 4.78 is 5.78. The van der Waals surface area contributed by atoms with E-state index in [4.69, 9.17) is 32.7 Å². The lowest BCUT2D eigenvalue weighted by Gasteiger charge is -2.24. The van der Waals surface area contributed by atoms with Crippen LogP contribution in [0, 0.1) is 0 Å². The molecule has 40 heavy (non-hydrogen) atoms. The summed E-state index contributed by atoms with van der Waals surface area (Å²) in [5.74, 6) is 0.473. The lowest BCUT2D eigenvalue weighted by molar-refractivity contribution is 0.102. The molecule has 0 N–H and O–H groups in total. The first-order valence-corrected chi connectivity index (χ1v) is 13.7. The minimum absolute atomic E-state index is 0.0977. The van der Waals surface area contributed by atoms with Gasteiger partial charge in [-0.25, -0.2) is 0 Å². The predicted octanol–water partition coefficient (Wildman–Crippen LogP) is 9.51.